The Balaban J connectivity index is 1.21. The number of nitrogens with zero attached hydrogens (tertiary/aromatic N) is 5. The fourth-order valence-corrected chi connectivity index (χ4v) is 6.32. The van der Waals surface area contributed by atoms with Crippen molar-refractivity contribution in [2.45, 2.75) is 0 Å². The van der Waals surface area contributed by atoms with E-state index in [1.807, 2.05) is 73.1 Å². The first-order valence-corrected chi connectivity index (χ1v) is 15.3. The van der Waals surface area contributed by atoms with Crippen LogP contribution in [0.5, 0.6) is 0 Å². The molecule has 0 fully saturated rings. The van der Waals surface area contributed by atoms with Gasteiger partial charge in [-0.2, -0.15) is 0 Å². The molecule has 0 aliphatic carbocycles. The largest absolute Gasteiger partial charge is 0.254 e. The highest BCUT2D eigenvalue weighted by molar-refractivity contribution is 6.24. The topological polar surface area (TPSA) is 64.5 Å². The average Bonchev–Trinajstić information content (AvgIpc) is 3.14. The first-order valence-electron chi connectivity index (χ1n) is 15.3. The predicted octanol–water partition coefficient (Wildman–Crippen LogP) is 9.94. The molecular formula is C41H25N5. The standard InChI is InChI=1S/C41H25N5/c1-3-10-26(11-4-1)35-24-36(46-41(45-35)30-12-5-2-6-13-30)27-17-19-29(20-18-27)38-33-25-43-40-32(22-21-28-14-9-23-42-39(28)40)37(33)31-15-7-8-16-34(31)44-38/h1-25H. The van der Waals surface area contributed by atoms with E-state index in [1.54, 1.807) is 0 Å². The van der Waals surface area contributed by atoms with Gasteiger partial charge < -0.3 is 0 Å². The Hall–Kier alpha value is -6.33. The first kappa shape index (κ1) is 26.1. The molecule has 0 N–H and O–H groups in total. The maximum absolute atomic E-state index is 5.17. The zero-order valence-electron chi connectivity index (χ0n) is 24.7. The summed E-state index contributed by atoms with van der Waals surface area (Å²) in [6, 6.07) is 47.6. The smallest absolute Gasteiger partial charge is 0.160 e. The lowest BCUT2D eigenvalue weighted by Gasteiger charge is -2.13. The van der Waals surface area contributed by atoms with Crippen LogP contribution in [0.2, 0.25) is 0 Å². The lowest BCUT2D eigenvalue weighted by molar-refractivity contribution is 1.18. The summed E-state index contributed by atoms with van der Waals surface area (Å²) < 4.78 is 0. The minimum atomic E-state index is 0.697. The molecule has 0 saturated heterocycles. The Kier molecular flexibility index (Phi) is 6.06. The van der Waals surface area contributed by atoms with E-state index in [9.17, 15) is 0 Å². The lowest BCUT2D eigenvalue weighted by atomic mass is 9.96. The van der Waals surface area contributed by atoms with Crippen molar-refractivity contribution in [3.05, 3.63) is 152 Å². The molecule has 0 spiro atoms. The quantitative estimate of drug-likeness (QED) is 0.192. The van der Waals surface area contributed by atoms with Crippen molar-refractivity contribution in [3.63, 3.8) is 0 Å². The van der Waals surface area contributed by atoms with E-state index in [0.717, 1.165) is 82.8 Å². The van der Waals surface area contributed by atoms with E-state index < -0.39 is 0 Å². The van der Waals surface area contributed by atoms with Crippen molar-refractivity contribution < 1.29 is 0 Å². The average molecular weight is 588 g/mol. The second-order valence-corrected chi connectivity index (χ2v) is 11.3. The first-order chi connectivity index (χ1) is 22.8. The SMILES string of the molecule is c1ccc(-c2cc(-c3ccc(-c4nc5ccccc5c5c4cnc4c5ccc5cccnc54)cc3)nc(-c3ccccc3)n2)cc1. The van der Waals surface area contributed by atoms with E-state index in [1.165, 1.54) is 0 Å². The van der Waals surface area contributed by atoms with Crippen molar-refractivity contribution in [1.29, 1.82) is 0 Å². The zero-order chi connectivity index (χ0) is 30.5. The predicted molar refractivity (Wildman–Crippen MR) is 187 cm³/mol. The monoisotopic (exact) mass is 587 g/mol. The summed E-state index contributed by atoms with van der Waals surface area (Å²) >= 11 is 0. The van der Waals surface area contributed by atoms with Gasteiger partial charge in [-0.15, -0.1) is 0 Å². The molecule has 0 amide bonds. The van der Waals surface area contributed by atoms with Crippen LogP contribution in [0, 0.1) is 0 Å². The molecule has 0 atom stereocenters. The number of rotatable bonds is 4. The van der Waals surface area contributed by atoms with Crippen molar-refractivity contribution >= 4 is 43.5 Å². The summed E-state index contributed by atoms with van der Waals surface area (Å²) in [7, 11) is 0. The molecule has 5 nitrogen and oxygen atoms in total. The van der Waals surface area contributed by atoms with Crippen LogP contribution >= 0.6 is 0 Å². The second kappa shape index (κ2) is 10.7. The van der Waals surface area contributed by atoms with Gasteiger partial charge in [-0.3, -0.25) is 9.97 Å². The molecule has 5 aromatic carbocycles. The van der Waals surface area contributed by atoms with Gasteiger partial charge in [-0.05, 0) is 18.2 Å². The molecule has 9 aromatic rings. The van der Waals surface area contributed by atoms with E-state index in [4.69, 9.17) is 19.9 Å². The molecule has 0 saturated carbocycles. The number of hydrogen-bond donors (Lipinski definition) is 0. The Morgan fingerprint density at radius 1 is 0.413 bits per heavy atom. The third-order valence-electron chi connectivity index (χ3n) is 8.55. The minimum absolute atomic E-state index is 0.697. The maximum atomic E-state index is 5.17. The molecule has 4 aromatic heterocycles. The van der Waals surface area contributed by atoms with Crippen molar-refractivity contribution in [1.82, 2.24) is 24.9 Å². The molecule has 0 aliphatic rings. The van der Waals surface area contributed by atoms with Crippen molar-refractivity contribution in [3.8, 4) is 45.2 Å². The summed E-state index contributed by atoms with van der Waals surface area (Å²) in [5.41, 5.74) is 9.44. The van der Waals surface area contributed by atoms with Crippen LogP contribution in [0.1, 0.15) is 0 Å². The Morgan fingerprint density at radius 2 is 1.09 bits per heavy atom. The Morgan fingerprint density at radius 3 is 1.87 bits per heavy atom. The van der Waals surface area contributed by atoms with Gasteiger partial charge in [0.1, 0.15) is 0 Å². The van der Waals surface area contributed by atoms with Crippen molar-refractivity contribution in [2.75, 3.05) is 0 Å². The zero-order valence-corrected chi connectivity index (χ0v) is 24.7. The number of pyridine rings is 3. The van der Waals surface area contributed by atoms with E-state index >= 15 is 0 Å². The lowest BCUT2D eigenvalue weighted by Crippen LogP contribution is -1.96. The van der Waals surface area contributed by atoms with Gasteiger partial charge in [0.2, 0.25) is 0 Å². The second-order valence-electron chi connectivity index (χ2n) is 11.3. The summed E-state index contributed by atoms with van der Waals surface area (Å²) in [6.07, 6.45) is 3.78. The van der Waals surface area contributed by atoms with E-state index in [2.05, 4.69) is 83.8 Å². The molecule has 5 heteroatoms. The van der Waals surface area contributed by atoms with E-state index in [-0.39, 0.29) is 0 Å². The third kappa shape index (κ3) is 4.37. The van der Waals surface area contributed by atoms with Crippen LogP contribution < -0.4 is 0 Å². The summed E-state index contributed by atoms with van der Waals surface area (Å²) in [5, 5.41) is 5.39. The molecule has 214 valence electrons. The van der Waals surface area contributed by atoms with Gasteiger partial charge in [-0.25, -0.2) is 15.0 Å². The Labute approximate surface area is 264 Å². The maximum Gasteiger partial charge on any atom is 0.160 e. The molecule has 0 radical (unpaired) electrons. The Bertz CT molecular complexity index is 2510. The minimum Gasteiger partial charge on any atom is -0.254 e. The van der Waals surface area contributed by atoms with Gasteiger partial charge in [0.25, 0.3) is 0 Å². The highest BCUT2D eigenvalue weighted by atomic mass is 14.9. The third-order valence-corrected chi connectivity index (χ3v) is 8.55. The fraction of sp³-hybridized carbons (Fsp3) is 0. The van der Waals surface area contributed by atoms with Crippen LogP contribution in [0.3, 0.4) is 0 Å². The number of benzene rings is 5. The fourth-order valence-electron chi connectivity index (χ4n) is 6.32. The van der Waals surface area contributed by atoms with Gasteiger partial charge in [0.05, 0.1) is 33.6 Å². The number of para-hydroxylation sites is 1. The van der Waals surface area contributed by atoms with Gasteiger partial charge in [-0.1, -0.05) is 121 Å². The van der Waals surface area contributed by atoms with Crippen LogP contribution in [0.25, 0.3) is 88.6 Å². The van der Waals surface area contributed by atoms with E-state index in [0.29, 0.717) is 5.82 Å². The molecule has 4 heterocycles. The number of aromatic nitrogens is 5. The summed E-state index contributed by atoms with van der Waals surface area (Å²) in [5.74, 6) is 0.697. The normalized spacial score (nSPS) is 11.5. The van der Waals surface area contributed by atoms with Crippen LogP contribution in [-0.2, 0) is 0 Å². The highest BCUT2D eigenvalue weighted by Gasteiger charge is 2.16. The van der Waals surface area contributed by atoms with Crippen molar-refractivity contribution in [2.24, 2.45) is 0 Å². The highest BCUT2D eigenvalue weighted by Crippen LogP contribution is 2.38. The molecule has 0 bridgehead atoms. The molecule has 9 rings (SSSR count). The number of fused-ring (bicyclic) bond motifs is 7. The molecule has 0 aliphatic heterocycles. The van der Waals surface area contributed by atoms with Crippen LogP contribution in [0.4, 0.5) is 0 Å². The van der Waals surface area contributed by atoms with Gasteiger partial charge >= 0.3 is 0 Å². The summed E-state index contributed by atoms with van der Waals surface area (Å²) in [6.45, 7) is 0. The van der Waals surface area contributed by atoms with Gasteiger partial charge in [0, 0.05) is 61.6 Å². The molecule has 0 unspecified atom stereocenters. The van der Waals surface area contributed by atoms with Gasteiger partial charge in [0.15, 0.2) is 5.82 Å². The molecule has 46 heavy (non-hydrogen) atoms. The molecular weight excluding hydrogens is 562 g/mol. The van der Waals surface area contributed by atoms with Crippen LogP contribution in [0.15, 0.2) is 152 Å². The van der Waals surface area contributed by atoms with Crippen LogP contribution in [-0.4, -0.2) is 24.9 Å². The summed E-state index contributed by atoms with van der Waals surface area (Å²) in [4.78, 5) is 24.8. The number of hydrogen-bond acceptors (Lipinski definition) is 5.